The molecule has 4 heteroatoms. The quantitative estimate of drug-likeness (QED) is 0.546. The van der Waals surface area contributed by atoms with E-state index in [1.54, 1.807) is 13.1 Å². The summed E-state index contributed by atoms with van der Waals surface area (Å²) < 4.78 is 4.05. The van der Waals surface area contributed by atoms with Crippen LogP contribution in [-0.4, -0.2) is 15.4 Å². The van der Waals surface area contributed by atoms with Crippen LogP contribution in [0.25, 0.3) is 6.20 Å². The van der Waals surface area contributed by atoms with Crippen LogP contribution in [0.3, 0.4) is 0 Å². The molecule has 0 aliphatic rings. The SMILES string of the molecule is C=Cn1cc[n+](CCCCSC(C)=O)c1. The fourth-order valence-electron chi connectivity index (χ4n) is 1.26. The molecule has 1 heterocycles. The Bertz CT molecular complexity index is 333. The average molecular weight is 225 g/mol. The summed E-state index contributed by atoms with van der Waals surface area (Å²) in [7, 11) is 0. The molecule has 0 unspecified atom stereocenters. The summed E-state index contributed by atoms with van der Waals surface area (Å²) in [5.41, 5.74) is 0. The maximum atomic E-state index is 10.7. The highest BCUT2D eigenvalue weighted by molar-refractivity contribution is 8.13. The monoisotopic (exact) mass is 225 g/mol. The number of nitrogens with zero attached hydrogens (tertiary/aromatic N) is 2. The first-order valence-electron chi connectivity index (χ1n) is 5.05. The minimum atomic E-state index is 0.209. The van der Waals surface area contributed by atoms with Crippen LogP contribution in [0.5, 0.6) is 0 Å². The number of hydrogen-bond acceptors (Lipinski definition) is 2. The number of carbonyl (C=O) groups is 1. The maximum absolute atomic E-state index is 10.7. The van der Waals surface area contributed by atoms with Gasteiger partial charge in [0.05, 0.1) is 12.7 Å². The molecule has 0 bridgehead atoms. The molecule has 1 aromatic rings. The molecule has 0 radical (unpaired) electrons. The van der Waals surface area contributed by atoms with E-state index in [1.807, 2.05) is 23.3 Å². The van der Waals surface area contributed by atoms with Gasteiger partial charge in [0.15, 0.2) is 5.12 Å². The van der Waals surface area contributed by atoms with Gasteiger partial charge in [-0.2, -0.15) is 0 Å². The molecule has 0 amide bonds. The second kappa shape index (κ2) is 6.45. The van der Waals surface area contributed by atoms with Gasteiger partial charge in [-0.25, -0.2) is 9.13 Å². The summed E-state index contributed by atoms with van der Waals surface area (Å²) in [5.74, 6) is 0.929. The summed E-state index contributed by atoms with van der Waals surface area (Å²) in [5, 5.41) is 0.209. The third-order valence-corrected chi connectivity index (χ3v) is 2.94. The van der Waals surface area contributed by atoms with Gasteiger partial charge >= 0.3 is 0 Å². The predicted octanol–water partition coefficient (Wildman–Crippen LogP) is 1.94. The highest BCUT2D eigenvalue weighted by atomic mass is 32.2. The van der Waals surface area contributed by atoms with E-state index >= 15 is 0 Å². The third-order valence-electron chi connectivity index (χ3n) is 2.04. The normalized spacial score (nSPS) is 10.2. The molecule has 0 saturated carbocycles. The Morgan fingerprint density at radius 2 is 2.40 bits per heavy atom. The highest BCUT2D eigenvalue weighted by Crippen LogP contribution is 2.04. The smallest absolute Gasteiger partial charge is 0.248 e. The van der Waals surface area contributed by atoms with E-state index in [4.69, 9.17) is 0 Å². The van der Waals surface area contributed by atoms with Crippen molar-refractivity contribution in [2.45, 2.75) is 26.3 Å². The second-order valence-corrected chi connectivity index (χ2v) is 4.60. The van der Waals surface area contributed by atoms with Crippen molar-refractivity contribution < 1.29 is 9.36 Å². The van der Waals surface area contributed by atoms with Gasteiger partial charge in [0, 0.05) is 12.7 Å². The van der Waals surface area contributed by atoms with Crippen molar-refractivity contribution >= 4 is 23.1 Å². The van der Waals surface area contributed by atoms with Gasteiger partial charge in [-0.15, -0.1) is 0 Å². The zero-order valence-corrected chi connectivity index (χ0v) is 9.87. The van der Waals surface area contributed by atoms with E-state index < -0.39 is 0 Å². The molecular formula is C11H17N2OS+. The molecule has 0 aliphatic heterocycles. The molecule has 1 rings (SSSR count). The van der Waals surface area contributed by atoms with Crippen molar-refractivity contribution in [3.8, 4) is 0 Å². The Morgan fingerprint density at radius 1 is 1.60 bits per heavy atom. The Kier molecular flexibility index (Phi) is 5.18. The van der Waals surface area contributed by atoms with Gasteiger partial charge in [-0.1, -0.05) is 18.3 Å². The standard InChI is InChI=1S/C11H17N2OS/c1-3-12-7-8-13(10-12)6-4-5-9-15-11(2)14/h3,7-8,10H,1,4-6,9H2,2H3/q+1. The second-order valence-electron chi connectivity index (χ2n) is 3.33. The van der Waals surface area contributed by atoms with Gasteiger partial charge in [-0.3, -0.25) is 4.79 Å². The summed E-state index contributed by atoms with van der Waals surface area (Å²) in [4.78, 5) is 10.7. The van der Waals surface area contributed by atoms with E-state index in [1.165, 1.54) is 11.8 Å². The topological polar surface area (TPSA) is 25.9 Å². The molecule has 0 spiro atoms. The van der Waals surface area contributed by atoms with Crippen LogP contribution >= 0.6 is 11.8 Å². The lowest BCUT2D eigenvalue weighted by atomic mass is 10.3. The molecule has 0 saturated heterocycles. The number of aromatic nitrogens is 2. The first kappa shape index (κ1) is 12.0. The van der Waals surface area contributed by atoms with Crippen molar-refractivity contribution in [2.24, 2.45) is 0 Å². The van der Waals surface area contributed by atoms with Crippen LogP contribution < -0.4 is 4.57 Å². The Hall–Kier alpha value is -1.03. The van der Waals surface area contributed by atoms with Crippen molar-refractivity contribution in [2.75, 3.05) is 5.75 Å². The van der Waals surface area contributed by atoms with Crippen molar-refractivity contribution in [3.63, 3.8) is 0 Å². The number of rotatable bonds is 6. The molecule has 15 heavy (non-hydrogen) atoms. The zero-order valence-electron chi connectivity index (χ0n) is 9.06. The minimum absolute atomic E-state index is 0.209. The lowest BCUT2D eigenvalue weighted by Gasteiger charge is -1.96. The number of unbranched alkanes of at least 4 members (excludes halogenated alkanes) is 1. The van der Waals surface area contributed by atoms with E-state index in [-0.39, 0.29) is 5.12 Å². The summed E-state index contributed by atoms with van der Waals surface area (Å²) in [6.07, 6.45) is 9.95. The van der Waals surface area contributed by atoms with Crippen LogP contribution in [0, 0.1) is 0 Å². The number of carbonyl (C=O) groups excluding carboxylic acids is 1. The molecule has 0 atom stereocenters. The van der Waals surface area contributed by atoms with Crippen molar-refractivity contribution in [3.05, 3.63) is 25.3 Å². The molecule has 82 valence electrons. The van der Waals surface area contributed by atoms with Crippen LogP contribution in [0.15, 0.2) is 25.3 Å². The summed E-state index contributed by atoms with van der Waals surface area (Å²) in [6, 6.07) is 0. The third kappa shape index (κ3) is 4.83. The molecule has 0 aromatic carbocycles. The van der Waals surface area contributed by atoms with Gasteiger partial charge in [0.2, 0.25) is 6.33 Å². The van der Waals surface area contributed by atoms with E-state index in [0.29, 0.717) is 0 Å². The first-order valence-corrected chi connectivity index (χ1v) is 6.03. The fourth-order valence-corrected chi connectivity index (χ4v) is 1.90. The Morgan fingerprint density at radius 3 is 3.00 bits per heavy atom. The molecule has 1 aromatic heterocycles. The maximum Gasteiger partial charge on any atom is 0.248 e. The Labute approximate surface area is 94.8 Å². The number of thioether (sulfide) groups is 1. The molecule has 3 nitrogen and oxygen atoms in total. The van der Waals surface area contributed by atoms with E-state index in [9.17, 15) is 4.79 Å². The van der Waals surface area contributed by atoms with Gasteiger partial charge in [0.25, 0.3) is 0 Å². The minimum Gasteiger partial charge on any atom is -0.288 e. The van der Waals surface area contributed by atoms with Gasteiger partial charge in [0.1, 0.15) is 12.4 Å². The molecule has 0 N–H and O–H groups in total. The highest BCUT2D eigenvalue weighted by Gasteiger charge is 2.00. The molecule has 0 fully saturated rings. The van der Waals surface area contributed by atoms with Crippen LogP contribution in [0.2, 0.25) is 0 Å². The summed E-state index contributed by atoms with van der Waals surface area (Å²) in [6.45, 7) is 6.30. The van der Waals surface area contributed by atoms with Crippen LogP contribution in [0.1, 0.15) is 19.8 Å². The fraction of sp³-hybridized carbons (Fsp3) is 0.455. The first-order chi connectivity index (χ1) is 7.22. The number of aryl methyl sites for hydroxylation is 1. The zero-order chi connectivity index (χ0) is 11.1. The van der Waals surface area contributed by atoms with Gasteiger partial charge < -0.3 is 0 Å². The van der Waals surface area contributed by atoms with Crippen molar-refractivity contribution in [1.82, 2.24) is 4.57 Å². The van der Waals surface area contributed by atoms with E-state index in [2.05, 4.69) is 11.1 Å². The van der Waals surface area contributed by atoms with Crippen LogP contribution in [-0.2, 0) is 11.3 Å². The van der Waals surface area contributed by atoms with E-state index in [0.717, 1.165) is 25.1 Å². The summed E-state index contributed by atoms with van der Waals surface area (Å²) >= 11 is 1.41. The average Bonchev–Trinajstić information content (AvgIpc) is 2.65. The molecule has 0 aliphatic carbocycles. The predicted molar refractivity (Wildman–Crippen MR) is 63.4 cm³/mol. The lowest BCUT2D eigenvalue weighted by molar-refractivity contribution is -0.696. The van der Waals surface area contributed by atoms with Crippen molar-refractivity contribution in [1.29, 1.82) is 0 Å². The molecular weight excluding hydrogens is 208 g/mol. The lowest BCUT2D eigenvalue weighted by Crippen LogP contribution is -2.30. The number of imidazole rings is 1. The van der Waals surface area contributed by atoms with Crippen LogP contribution in [0.4, 0.5) is 0 Å². The van der Waals surface area contributed by atoms with Gasteiger partial charge in [-0.05, 0) is 12.8 Å². The Balaban J connectivity index is 2.14. The largest absolute Gasteiger partial charge is 0.288 e. The number of hydrogen-bond donors (Lipinski definition) is 0.